The van der Waals surface area contributed by atoms with E-state index < -0.39 is 0 Å². The van der Waals surface area contributed by atoms with Crippen LogP contribution in [0.3, 0.4) is 0 Å². The number of piperazine rings is 1. The van der Waals surface area contributed by atoms with Crippen LogP contribution in [-0.4, -0.2) is 72.6 Å². The average Bonchev–Trinajstić information content (AvgIpc) is 3.30. The molecule has 4 rings (SSSR count). The molecule has 176 valence electrons. The first kappa shape index (κ1) is 23.1. The van der Waals surface area contributed by atoms with E-state index >= 15 is 0 Å². The number of hydrogen-bond donors (Lipinski definition) is 0. The Kier molecular flexibility index (Phi) is 7.50. The van der Waals surface area contributed by atoms with Crippen molar-refractivity contribution in [1.82, 2.24) is 14.7 Å². The number of nitrogens with zero attached hydrogens (tertiary/aromatic N) is 3. The van der Waals surface area contributed by atoms with E-state index in [2.05, 4.69) is 43.0 Å². The highest BCUT2D eigenvalue weighted by molar-refractivity contribution is 5.95. The van der Waals surface area contributed by atoms with Crippen molar-refractivity contribution in [3.63, 3.8) is 0 Å². The zero-order valence-corrected chi connectivity index (χ0v) is 19.5. The van der Waals surface area contributed by atoms with Gasteiger partial charge in [-0.2, -0.15) is 0 Å². The normalized spacial score (nSPS) is 15.7. The summed E-state index contributed by atoms with van der Waals surface area (Å²) in [6, 6.07) is 15.7. The minimum absolute atomic E-state index is 0.0810. The van der Waals surface area contributed by atoms with Crippen molar-refractivity contribution >= 4 is 11.8 Å². The molecule has 0 atom stereocenters. The van der Waals surface area contributed by atoms with E-state index in [1.54, 1.807) is 23.1 Å². The molecule has 2 amide bonds. The van der Waals surface area contributed by atoms with Crippen molar-refractivity contribution in [2.75, 3.05) is 46.1 Å². The van der Waals surface area contributed by atoms with Gasteiger partial charge >= 0.3 is 0 Å². The molecule has 2 heterocycles. The zero-order chi connectivity index (χ0) is 23.2. The van der Waals surface area contributed by atoms with Gasteiger partial charge in [0.2, 0.25) is 12.7 Å². The van der Waals surface area contributed by atoms with Crippen molar-refractivity contribution in [3.05, 3.63) is 59.7 Å². The Morgan fingerprint density at radius 1 is 0.970 bits per heavy atom. The van der Waals surface area contributed by atoms with Crippen LogP contribution in [0.25, 0.3) is 0 Å². The molecule has 0 spiro atoms. The molecular weight excluding hydrogens is 418 g/mol. The van der Waals surface area contributed by atoms with Crippen LogP contribution in [0, 0.1) is 5.92 Å². The second kappa shape index (κ2) is 10.7. The molecule has 0 aromatic heterocycles. The van der Waals surface area contributed by atoms with Crippen molar-refractivity contribution in [2.45, 2.75) is 26.8 Å². The van der Waals surface area contributed by atoms with Gasteiger partial charge in [-0.05, 0) is 29.7 Å². The zero-order valence-electron chi connectivity index (χ0n) is 19.5. The lowest BCUT2D eigenvalue weighted by molar-refractivity contribution is -0.133. The van der Waals surface area contributed by atoms with E-state index in [0.717, 1.165) is 32.7 Å². The second-order valence-corrected chi connectivity index (χ2v) is 9.11. The van der Waals surface area contributed by atoms with Crippen LogP contribution in [-0.2, 0) is 11.3 Å². The molecule has 2 aliphatic rings. The Balaban J connectivity index is 1.30. The van der Waals surface area contributed by atoms with Gasteiger partial charge in [0, 0.05) is 57.8 Å². The summed E-state index contributed by atoms with van der Waals surface area (Å²) >= 11 is 0. The molecule has 7 nitrogen and oxygen atoms in total. The molecule has 0 N–H and O–H groups in total. The molecule has 1 fully saturated rings. The molecule has 2 aromatic rings. The molecule has 0 bridgehead atoms. The van der Waals surface area contributed by atoms with Crippen LogP contribution in [0.5, 0.6) is 11.5 Å². The minimum Gasteiger partial charge on any atom is -0.454 e. The van der Waals surface area contributed by atoms with Crippen LogP contribution < -0.4 is 9.47 Å². The standard InChI is InChI=1S/C26H33N3O4/c1-20(2)17-29(26(31)22-8-9-23-24(16-22)33-19-32-23)11-10-25(30)28-14-12-27(13-15-28)18-21-6-4-3-5-7-21/h3-9,16,20H,10-15,17-19H2,1-2H3. The SMILES string of the molecule is CC(C)CN(CCC(=O)N1CCN(Cc2ccccc2)CC1)C(=O)c1ccc2c(c1)OCO2. The van der Waals surface area contributed by atoms with Gasteiger partial charge in [-0.25, -0.2) is 0 Å². The van der Waals surface area contributed by atoms with E-state index in [-0.39, 0.29) is 18.6 Å². The first-order valence-corrected chi connectivity index (χ1v) is 11.7. The summed E-state index contributed by atoms with van der Waals surface area (Å²) in [7, 11) is 0. The first-order valence-electron chi connectivity index (χ1n) is 11.7. The van der Waals surface area contributed by atoms with Crippen LogP contribution in [0.1, 0.15) is 36.2 Å². The van der Waals surface area contributed by atoms with E-state index in [0.29, 0.717) is 42.5 Å². The third-order valence-electron chi connectivity index (χ3n) is 6.06. The molecule has 33 heavy (non-hydrogen) atoms. The second-order valence-electron chi connectivity index (χ2n) is 9.11. The summed E-state index contributed by atoms with van der Waals surface area (Å²) in [4.78, 5) is 32.2. The number of hydrogen-bond acceptors (Lipinski definition) is 5. The first-order chi connectivity index (χ1) is 16.0. The Hall–Kier alpha value is -3.06. The smallest absolute Gasteiger partial charge is 0.254 e. The fourth-order valence-electron chi connectivity index (χ4n) is 4.31. The van der Waals surface area contributed by atoms with E-state index in [4.69, 9.17) is 9.47 Å². The molecule has 2 aliphatic heterocycles. The molecule has 0 aliphatic carbocycles. The Labute approximate surface area is 195 Å². The predicted octanol–water partition coefficient (Wildman–Crippen LogP) is 3.25. The predicted molar refractivity (Wildman–Crippen MR) is 126 cm³/mol. The molecule has 7 heteroatoms. The van der Waals surface area contributed by atoms with Crippen LogP contribution in [0.15, 0.2) is 48.5 Å². The molecule has 0 unspecified atom stereocenters. The largest absolute Gasteiger partial charge is 0.454 e. The van der Waals surface area contributed by atoms with Gasteiger partial charge in [0.15, 0.2) is 11.5 Å². The Bertz CT molecular complexity index is 955. The molecule has 1 saturated heterocycles. The monoisotopic (exact) mass is 451 g/mol. The number of benzene rings is 2. The summed E-state index contributed by atoms with van der Waals surface area (Å²) in [5, 5.41) is 0. The van der Waals surface area contributed by atoms with Gasteiger partial charge in [0.25, 0.3) is 5.91 Å². The van der Waals surface area contributed by atoms with Gasteiger partial charge < -0.3 is 19.3 Å². The van der Waals surface area contributed by atoms with E-state index in [1.807, 2.05) is 11.0 Å². The number of amides is 2. The van der Waals surface area contributed by atoms with Crippen molar-refractivity contribution in [2.24, 2.45) is 5.92 Å². The van der Waals surface area contributed by atoms with Gasteiger partial charge in [-0.15, -0.1) is 0 Å². The van der Waals surface area contributed by atoms with Crippen LogP contribution >= 0.6 is 0 Å². The third-order valence-corrected chi connectivity index (χ3v) is 6.06. The maximum Gasteiger partial charge on any atom is 0.254 e. The summed E-state index contributed by atoms with van der Waals surface area (Å²) in [5.74, 6) is 1.59. The summed E-state index contributed by atoms with van der Waals surface area (Å²) in [5.41, 5.74) is 1.85. The van der Waals surface area contributed by atoms with Gasteiger partial charge in [-0.1, -0.05) is 44.2 Å². The summed E-state index contributed by atoms with van der Waals surface area (Å²) in [6.07, 6.45) is 0.335. The van der Waals surface area contributed by atoms with E-state index in [9.17, 15) is 9.59 Å². The number of carbonyl (C=O) groups excluding carboxylic acids is 2. The van der Waals surface area contributed by atoms with Gasteiger partial charge in [-0.3, -0.25) is 14.5 Å². The lowest BCUT2D eigenvalue weighted by atomic mass is 10.1. The highest BCUT2D eigenvalue weighted by Crippen LogP contribution is 2.32. The average molecular weight is 452 g/mol. The molecule has 0 radical (unpaired) electrons. The Morgan fingerprint density at radius 3 is 2.42 bits per heavy atom. The third kappa shape index (κ3) is 6.05. The number of carbonyl (C=O) groups is 2. The lowest BCUT2D eigenvalue weighted by Gasteiger charge is -2.35. The quantitative estimate of drug-likeness (QED) is 0.617. The van der Waals surface area contributed by atoms with Gasteiger partial charge in [0.1, 0.15) is 0 Å². The minimum atomic E-state index is -0.0810. The summed E-state index contributed by atoms with van der Waals surface area (Å²) in [6.45, 7) is 9.45. The fraction of sp³-hybridized carbons (Fsp3) is 0.462. The molecule has 2 aromatic carbocycles. The van der Waals surface area contributed by atoms with Crippen molar-refractivity contribution in [3.8, 4) is 11.5 Å². The molecule has 0 saturated carbocycles. The van der Waals surface area contributed by atoms with Crippen molar-refractivity contribution in [1.29, 1.82) is 0 Å². The maximum absolute atomic E-state index is 13.2. The van der Waals surface area contributed by atoms with E-state index in [1.165, 1.54) is 5.56 Å². The maximum atomic E-state index is 13.2. The van der Waals surface area contributed by atoms with Crippen LogP contribution in [0.4, 0.5) is 0 Å². The van der Waals surface area contributed by atoms with Crippen LogP contribution in [0.2, 0.25) is 0 Å². The lowest BCUT2D eigenvalue weighted by Crippen LogP contribution is -2.49. The fourth-order valence-corrected chi connectivity index (χ4v) is 4.31. The molecular formula is C26H33N3O4. The number of fused-ring (bicyclic) bond motifs is 1. The van der Waals surface area contributed by atoms with Gasteiger partial charge in [0.05, 0.1) is 0 Å². The number of rotatable bonds is 8. The highest BCUT2D eigenvalue weighted by atomic mass is 16.7. The topological polar surface area (TPSA) is 62.3 Å². The van der Waals surface area contributed by atoms with Crippen molar-refractivity contribution < 1.29 is 19.1 Å². The Morgan fingerprint density at radius 2 is 1.70 bits per heavy atom. The highest BCUT2D eigenvalue weighted by Gasteiger charge is 2.24. The number of ether oxygens (including phenoxy) is 2. The summed E-state index contributed by atoms with van der Waals surface area (Å²) < 4.78 is 10.8.